The smallest absolute Gasteiger partial charge is 0.344 e. The maximum atomic E-state index is 11.8. The topological polar surface area (TPSA) is 93.7 Å². The van der Waals surface area contributed by atoms with E-state index >= 15 is 0 Å². The molecular formula is C16H11N3O4S. The first-order valence-corrected chi connectivity index (χ1v) is 7.78. The van der Waals surface area contributed by atoms with Crippen molar-refractivity contribution in [3.63, 3.8) is 0 Å². The Morgan fingerprint density at radius 2 is 2.21 bits per heavy atom. The zero-order chi connectivity index (χ0) is 16.9. The van der Waals surface area contributed by atoms with Crippen molar-refractivity contribution in [2.24, 2.45) is 0 Å². The average Bonchev–Trinajstić information content (AvgIpc) is 3.07. The monoisotopic (exact) mass is 341 g/mol. The number of ether oxygens (including phenoxy) is 2. The van der Waals surface area contributed by atoms with Crippen LogP contribution in [0.25, 0.3) is 4.96 Å². The first kappa shape index (κ1) is 15.7. The lowest BCUT2D eigenvalue weighted by molar-refractivity contribution is -0.147. The number of hydrogen-bond acceptors (Lipinski definition) is 7. The third kappa shape index (κ3) is 3.42. The molecule has 0 saturated heterocycles. The normalized spacial score (nSPS) is 10.3. The second kappa shape index (κ2) is 6.93. The molecule has 2 aromatic heterocycles. The highest BCUT2D eigenvalue weighted by molar-refractivity contribution is 7.15. The Balaban J connectivity index is 1.59. The van der Waals surface area contributed by atoms with Gasteiger partial charge in [0.05, 0.1) is 11.3 Å². The fourth-order valence-corrected chi connectivity index (χ4v) is 2.72. The Kier molecular flexibility index (Phi) is 4.54. The Labute approximate surface area is 140 Å². The molecule has 3 rings (SSSR count). The molecule has 2 heterocycles. The molecule has 0 unspecified atom stereocenters. The van der Waals surface area contributed by atoms with E-state index in [0.717, 1.165) is 0 Å². The molecule has 1 aromatic carbocycles. The van der Waals surface area contributed by atoms with Gasteiger partial charge in [-0.2, -0.15) is 5.26 Å². The number of thiazole rings is 1. The van der Waals surface area contributed by atoms with Crippen LogP contribution in [0.15, 0.2) is 46.7 Å². The van der Waals surface area contributed by atoms with Crippen molar-refractivity contribution >= 4 is 22.3 Å². The van der Waals surface area contributed by atoms with Gasteiger partial charge in [0.15, 0.2) is 11.6 Å². The standard InChI is InChI=1S/C16H11N3O4S/c17-8-11-3-1-2-4-13(11)22-10-15(21)23-9-12-7-14(20)19-5-6-24-16(19)18-12/h1-7H,9-10H2. The van der Waals surface area contributed by atoms with Gasteiger partial charge in [-0.15, -0.1) is 11.3 Å². The van der Waals surface area contributed by atoms with Gasteiger partial charge in [-0.25, -0.2) is 9.78 Å². The predicted molar refractivity (Wildman–Crippen MR) is 85.8 cm³/mol. The van der Waals surface area contributed by atoms with Crippen LogP contribution in [-0.4, -0.2) is 22.0 Å². The van der Waals surface area contributed by atoms with E-state index in [0.29, 0.717) is 22.0 Å². The van der Waals surface area contributed by atoms with Crippen molar-refractivity contribution in [2.45, 2.75) is 6.61 Å². The van der Waals surface area contributed by atoms with Crippen molar-refractivity contribution in [1.29, 1.82) is 5.26 Å². The molecule has 120 valence electrons. The summed E-state index contributed by atoms with van der Waals surface area (Å²) in [6.07, 6.45) is 1.63. The summed E-state index contributed by atoms with van der Waals surface area (Å²) in [5.41, 5.74) is 0.475. The van der Waals surface area contributed by atoms with Crippen LogP contribution in [-0.2, 0) is 16.1 Å². The van der Waals surface area contributed by atoms with Crippen molar-refractivity contribution in [2.75, 3.05) is 6.61 Å². The van der Waals surface area contributed by atoms with E-state index in [1.54, 1.807) is 35.8 Å². The molecule has 3 aromatic rings. The molecule has 0 saturated carbocycles. The van der Waals surface area contributed by atoms with Crippen molar-refractivity contribution in [3.8, 4) is 11.8 Å². The number of fused-ring (bicyclic) bond motifs is 1. The maximum absolute atomic E-state index is 11.8. The Morgan fingerprint density at radius 1 is 1.38 bits per heavy atom. The van der Waals surface area contributed by atoms with Gasteiger partial charge in [0.25, 0.3) is 5.56 Å². The summed E-state index contributed by atoms with van der Waals surface area (Å²) in [5.74, 6) is -0.302. The van der Waals surface area contributed by atoms with Crippen LogP contribution in [0.2, 0.25) is 0 Å². The Morgan fingerprint density at radius 3 is 3.04 bits per heavy atom. The van der Waals surface area contributed by atoms with E-state index in [4.69, 9.17) is 14.7 Å². The quantitative estimate of drug-likeness (QED) is 0.656. The molecule has 0 bridgehead atoms. The van der Waals surface area contributed by atoms with Gasteiger partial charge in [0, 0.05) is 17.6 Å². The lowest BCUT2D eigenvalue weighted by Crippen LogP contribution is -2.17. The minimum atomic E-state index is -0.615. The van der Waals surface area contributed by atoms with Gasteiger partial charge in [-0.05, 0) is 12.1 Å². The second-order valence-electron chi connectivity index (χ2n) is 4.70. The van der Waals surface area contributed by atoms with Crippen molar-refractivity contribution < 1.29 is 14.3 Å². The zero-order valence-electron chi connectivity index (χ0n) is 12.3. The van der Waals surface area contributed by atoms with Gasteiger partial charge in [-0.3, -0.25) is 9.20 Å². The molecule has 0 aliphatic rings. The third-order valence-electron chi connectivity index (χ3n) is 3.09. The molecular weight excluding hydrogens is 330 g/mol. The average molecular weight is 341 g/mol. The van der Waals surface area contributed by atoms with Gasteiger partial charge < -0.3 is 9.47 Å². The summed E-state index contributed by atoms with van der Waals surface area (Å²) in [5, 5.41) is 10.7. The lowest BCUT2D eigenvalue weighted by atomic mass is 10.2. The van der Waals surface area contributed by atoms with E-state index < -0.39 is 5.97 Å². The van der Waals surface area contributed by atoms with Crippen LogP contribution < -0.4 is 10.3 Å². The van der Waals surface area contributed by atoms with Gasteiger partial charge in [0.1, 0.15) is 18.4 Å². The summed E-state index contributed by atoms with van der Waals surface area (Å²) in [6.45, 7) is -0.454. The van der Waals surface area contributed by atoms with E-state index in [2.05, 4.69) is 4.98 Å². The SMILES string of the molecule is N#Cc1ccccc1OCC(=O)OCc1cc(=O)n2ccsc2n1. The van der Waals surface area contributed by atoms with E-state index in [-0.39, 0.29) is 18.8 Å². The number of esters is 1. The molecule has 0 fully saturated rings. The fraction of sp³-hybridized carbons (Fsp3) is 0.125. The van der Waals surface area contributed by atoms with E-state index in [9.17, 15) is 9.59 Å². The third-order valence-corrected chi connectivity index (χ3v) is 3.85. The molecule has 0 N–H and O–H groups in total. The number of aromatic nitrogens is 2. The Bertz CT molecular complexity index is 987. The number of hydrogen-bond donors (Lipinski definition) is 0. The predicted octanol–water partition coefficient (Wildman–Crippen LogP) is 1.75. The number of carbonyl (C=O) groups is 1. The first-order valence-electron chi connectivity index (χ1n) is 6.91. The minimum Gasteiger partial charge on any atom is -0.481 e. The number of nitriles is 1. The minimum absolute atomic E-state index is 0.119. The molecule has 0 spiro atoms. The summed E-state index contributed by atoms with van der Waals surface area (Å²) in [4.78, 5) is 28.3. The fourth-order valence-electron chi connectivity index (χ4n) is 1.98. The highest BCUT2D eigenvalue weighted by Crippen LogP contribution is 2.16. The summed E-state index contributed by atoms with van der Waals surface area (Å²) in [7, 11) is 0. The van der Waals surface area contributed by atoms with Gasteiger partial charge in [0.2, 0.25) is 0 Å². The molecule has 0 aliphatic carbocycles. The molecule has 0 amide bonds. The molecule has 8 heteroatoms. The van der Waals surface area contributed by atoms with Crippen LogP contribution in [0.5, 0.6) is 5.75 Å². The summed E-state index contributed by atoms with van der Waals surface area (Å²) < 4.78 is 11.7. The van der Waals surface area contributed by atoms with Crippen molar-refractivity contribution in [1.82, 2.24) is 9.38 Å². The van der Waals surface area contributed by atoms with Gasteiger partial charge in [-0.1, -0.05) is 12.1 Å². The molecule has 7 nitrogen and oxygen atoms in total. The molecule has 24 heavy (non-hydrogen) atoms. The highest BCUT2D eigenvalue weighted by Gasteiger charge is 2.09. The lowest BCUT2D eigenvalue weighted by Gasteiger charge is -2.07. The number of nitrogens with zero attached hydrogens (tertiary/aromatic N) is 3. The largest absolute Gasteiger partial charge is 0.481 e. The highest BCUT2D eigenvalue weighted by atomic mass is 32.1. The van der Waals surface area contributed by atoms with E-state index in [1.807, 2.05) is 6.07 Å². The molecule has 0 radical (unpaired) electrons. The zero-order valence-corrected chi connectivity index (χ0v) is 13.2. The Hall–Kier alpha value is -3.18. The van der Waals surface area contributed by atoms with Crippen molar-refractivity contribution in [3.05, 3.63) is 63.5 Å². The van der Waals surface area contributed by atoms with E-state index in [1.165, 1.54) is 21.8 Å². The number of rotatable bonds is 5. The summed E-state index contributed by atoms with van der Waals surface area (Å²) >= 11 is 1.32. The second-order valence-corrected chi connectivity index (χ2v) is 5.57. The van der Waals surface area contributed by atoms with Crippen LogP contribution in [0.1, 0.15) is 11.3 Å². The molecule has 0 atom stereocenters. The number of para-hydroxylation sites is 1. The van der Waals surface area contributed by atoms with Crippen LogP contribution in [0.4, 0.5) is 0 Å². The maximum Gasteiger partial charge on any atom is 0.344 e. The number of carbonyl (C=O) groups excluding carboxylic acids is 1. The first-order chi connectivity index (χ1) is 11.7. The number of benzene rings is 1. The van der Waals surface area contributed by atoms with Crippen LogP contribution >= 0.6 is 11.3 Å². The van der Waals surface area contributed by atoms with Crippen LogP contribution in [0, 0.1) is 11.3 Å². The van der Waals surface area contributed by atoms with Crippen LogP contribution in [0.3, 0.4) is 0 Å². The summed E-state index contributed by atoms with van der Waals surface area (Å²) in [6, 6.07) is 9.89. The molecule has 0 aliphatic heterocycles. The van der Waals surface area contributed by atoms with Gasteiger partial charge >= 0.3 is 5.97 Å².